The van der Waals surface area contributed by atoms with Gasteiger partial charge < -0.3 is 4.74 Å². The molecule has 1 aromatic heterocycles. The van der Waals surface area contributed by atoms with Crippen LogP contribution in [0.2, 0.25) is 10.0 Å². The topological polar surface area (TPSA) is 110 Å². The Kier molecular flexibility index (Phi) is 6.04. The third kappa shape index (κ3) is 4.53. The normalized spacial score (nSPS) is 11.1. The fraction of sp³-hybridized carbons (Fsp3) is 0.0625. The first-order chi connectivity index (χ1) is 13.3. The van der Waals surface area contributed by atoms with Crippen molar-refractivity contribution >= 4 is 61.3 Å². The van der Waals surface area contributed by atoms with Crippen molar-refractivity contribution < 1.29 is 17.9 Å². The number of carbonyl (C=O) groups is 1. The molecule has 0 aliphatic heterocycles. The second-order valence-electron chi connectivity index (χ2n) is 5.26. The number of carbonyl (C=O) groups excluding carboxylic acids is 1. The smallest absolute Gasteiger partial charge is 0.291 e. The van der Waals surface area contributed by atoms with E-state index in [1.807, 2.05) is 0 Å². The summed E-state index contributed by atoms with van der Waals surface area (Å²) in [5, 5.41) is 10.4. The molecule has 28 heavy (non-hydrogen) atoms. The molecule has 2 aromatic carbocycles. The van der Waals surface area contributed by atoms with Gasteiger partial charge in [0.15, 0.2) is 0 Å². The van der Waals surface area contributed by atoms with Gasteiger partial charge in [0.25, 0.3) is 20.3 Å². The maximum absolute atomic E-state index is 12.6. The van der Waals surface area contributed by atoms with E-state index in [4.69, 9.17) is 27.9 Å². The summed E-state index contributed by atoms with van der Waals surface area (Å²) in [4.78, 5) is 12.3. The van der Waals surface area contributed by atoms with E-state index in [0.717, 1.165) is 0 Å². The number of sulfonamides is 1. The van der Waals surface area contributed by atoms with E-state index in [1.165, 1.54) is 25.3 Å². The molecule has 0 fully saturated rings. The van der Waals surface area contributed by atoms with Crippen LogP contribution in [0.4, 0.5) is 10.8 Å². The van der Waals surface area contributed by atoms with E-state index in [1.54, 1.807) is 24.3 Å². The Bertz CT molecular complexity index is 1140. The van der Waals surface area contributed by atoms with Gasteiger partial charge >= 0.3 is 0 Å². The lowest BCUT2D eigenvalue weighted by Crippen LogP contribution is -2.13. The van der Waals surface area contributed by atoms with E-state index < -0.39 is 15.9 Å². The number of hydrogen-bond acceptors (Lipinski definition) is 7. The molecule has 0 saturated heterocycles. The maximum Gasteiger partial charge on any atom is 0.291 e. The summed E-state index contributed by atoms with van der Waals surface area (Å²) in [5.41, 5.74) is 0.373. The van der Waals surface area contributed by atoms with Crippen LogP contribution in [0.3, 0.4) is 0 Å². The lowest BCUT2D eigenvalue weighted by molar-refractivity contribution is 0.102. The Hall–Kier alpha value is -2.40. The van der Waals surface area contributed by atoms with Crippen LogP contribution in [0.15, 0.2) is 46.8 Å². The van der Waals surface area contributed by atoms with Crippen LogP contribution in [0, 0.1) is 0 Å². The average Bonchev–Trinajstić information content (AvgIpc) is 3.11. The van der Waals surface area contributed by atoms with E-state index >= 15 is 0 Å². The van der Waals surface area contributed by atoms with Gasteiger partial charge in [-0.3, -0.25) is 14.8 Å². The van der Waals surface area contributed by atoms with Crippen LogP contribution in [0.1, 0.15) is 10.4 Å². The lowest BCUT2D eigenvalue weighted by Gasteiger charge is -2.10. The van der Waals surface area contributed by atoms with Crippen LogP contribution in [-0.4, -0.2) is 31.6 Å². The molecule has 0 unspecified atom stereocenters. The highest BCUT2D eigenvalue weighted by molar-refractivity contribution is 7.94. The second kappa shape index (κ2) is 8.31. The van der Waals surface area contributed by atoms with Gasteiger partial charge in [-0.2, -0.15) is 8.42 Å². The Balaban J connectivity index is 1.80. The fourth-order valence-corrected chi connectivity index (χ4v) is 4.48. The number of nitrogens with one attached hydrogen (secondary N) is 2. The summed E-state index contributed by atoms with van der Waals surface area (Å²) in [7, 11) is -2.67. The second-order valence-corrected chi connectivity index (χ2v) is 8.93. The van der Waals surface area contributed by atoms with E-state index in [9.17, 15) is 13.2 Å². The molecule has 1 amide bonds. The Labute approximate surface area is 174 Å². The highest BCUT2D eigenvalue weighted by Crippen LogP contribution is 2.31. The quantitative estimate of drug-likeness (QED) is 0.541. The number of hydrogen-bond donors (Lipinski definition) is 2. The highest BCUT2D eigenvalue weighted by Gasteiger charge is 2.23. The molecule has 8 nitrogen and oxygen atoms in total. The first-order valence-electron chi connectivity index (χ1n) is 7.56. The number of benzene rings is 2. The van der Waals surface area contributed by atoms with Crippen molar-refractivity contribution in [3.63, 3.8) is 0 Å². The van der Waals surface area contributed by atoms with Crippen LogP contribution in [0.25, 0.3) is 0 Å². The molecule has 2 N–H and O–H groups in total. The summed E-state index contributed by atoms with van der Waals surface area (Å²) < 4.78 is 32.2. The summed E-state index contributed by atoms with van der Waals surface area (Å²) >= 11 is 12.6. The summed E-state index contributed by atoms with van der Waals surface area (Å²) in [6.07, 6.45) is 0. The zero-order valence-electron chi connectivity index (χ0n) is 14.1. The van der Waals surface area contributed by atoms with Crippen molar-refractivity contribution in [2.45, 2.75) is 4.34 Å². The number of amides is 1. The SMILES string of the molecule is COc1ccc(Cl)cc1NS(=O)(=O)c1nnc(NC(=O)c2ccccc2Cl)s1. The molecular formula is C16H12Cl2N4O4S2. The third-order valence-electron chi connectivity index (χ3n) is 3.38. The Morgan fingerprint density at radius 1 is 1.14 bits per heavy atom. The molecule has 0 spiro atoms. The van der Waals surface area contributed by atoms with Crippen LogP contribution < -0.4 is 14.8 Å². The zero-order valence-corrected chi connectivity index (χ0v) is 17.3. The number of nitrogens with zero attached hydrogens (tertiary/aromatic N) is 2. The van der Waals surface area contributed by atoms with Gasteiger partial charge in [0, 0.05) is 5.02 Å². The first-order valence-corrected chi connectivity index (χ1v) is 10.6. The van der Waals surface area contributed by atoms with Crippen LogP contribution in [0.5, 0.6) is 5.75 Å². The molecule has 0 aliphatic rings. The predicted molar refractivity (Wildman–Crippen MR) is 108 cm³/mol. The lowest BCUT2D eigenvalue weighted by atomic mass is 10.2. The predicted octanol–water partition coefficient (Wildman–Crippen LogP) is 3.91. The van der Waals surface area contributed by atoms with Gasteiger partial charge in [-0.25, -0.2) is 0 Å². The minimum atomic E-state index is -4.07. The van der Waals surface area contributed by atoms with Crippen molar-refractivity contribution in [2.75, 3.05) is 17.1 Å². The van der Waals surface area contributed by atoms with Gasteiger partial charge in [-0.15, -0.1) is 10.2 Å². The number of aromatic nitrogens is 2. The third-order valence-corrected chi connectivity index (χ3v) is 6.52. The minimum absolute atomic E-state index is 0.00311. The van der Waals surface area contributed by atoms with Crippen molar-refractivity contribution in [3.05, 3.63) is 58.1 Å². The summed E-state index contributed by atoms with van der Waals surface area (Å²) in [5.74, 6) is -0.250. The van der Waals surface area contributed by atoms with Crippen molar-refractivity contribution in [3.8, 4) is 5.75 Å². The monoisotopic (exact) mass is 458 g/mol. The number of anilines is 2. The largest absolute Gasteiger partial charge is 0.495 e. The standard InChI is InChI=1S/C16H12Cl2N4O4S2/c1-26-13-7-6-9(17)8-12(13)22-28(24,25)16-21-20-15(27-16)19-14(23)10-4-2-3-5-11(10)18/h2-8,22H,1H3,(H,19,20,23). The molecule has 12 heteroatoms. The highest BCUT2D eigenvalue weighted by atomic mass is 35.5. The molecule has 0 aliphatic carbocycles. The summed E-state index contributed by atoms with van der Waals surface area (Å²) in [6.45, 7) is 0. The summed E-state index contributed by atoms with van der Waals surface area (Å²) in [6, 6.07) is 10.9. The fourth-order valence-electron chi connectivity index (χ4n) is 2.13. The van der Waals surface area contributed by atoms with Gasteiger partial charge in [0.05, 0.1) is 23.4 Å². The number of halogens is 2. The zero-order chi connectivity index (χ0) is 20.3. The molecule has 0 saturated carbocycles. The van der Waals surface area contributed by atoms with Gasteiger partial charge in [0.1, 0.15) is 5.75 Å². The first kappa shape index (κ1) is 20.3. The van der Waals surface area contributed by atoms with Crippen molar-refractivity contribution in [1.29, 1.82) is 0 Å². The Morgan fingerprint density at radius 2 is 1.89 bits per heavy atom. The molecule has 0 bridgehead atoms. The molecule has 3 aromatic rings. The Morgan fingerprint density at radius 3 is 2.61 bits per heavy atom. The maximum atomic E-state index is 12.6. The number of methoxy groups -OCH3 is 1. The average molecular weight is 459 g/mol. The van der Waals surface area contributed by atoms with Crippen molar-refractivity contribution in [2.24, 2.45) is 0 Å². The van der Waals surface area contributed by atoms with E-state index in [0.29, 0.717) is 16.4 Å². The molecular weight excluding hydrogens is 447 g/mol. The minimum Gasteiger partial charge on any atom is -0.495 e. The molecule has 0 atom stereocenters. The van der Waals surface area contributed by atoms with Crippen LogP contribution in [-0.2, 0) is 10.0 Å². The van der Waals surface area contributed by atoms with Gasteiger partial charge in [-0.1, -0.05) is 46.7 Å². The van der Waals surface area contributed by atoms with Crippen LogP contribution >= 0.6 is 34.5 Å². The molecule has 0 radical (unpaired) electrons. The molecule has 146 valence electrons. The van der Waals surface area contributed by atoms with E-state index in [2.05, 4.69) is 20.2 Å². The number of rotatable bonds is 6. The van der Waals surface area contributed by atoms with Crippen molar-refractivity contribution in [1.82, 2.24) is 10.2 Å². The molecule has 3 rings (SSSR count). The van der Waals surface area contributed by atoms with Gasteiger partial charge in [0.2, 0.25) is 5.13 Å². The van der Waals surface area contributed by atoms with E-state index in [-0.39, 0.29) is 31.5 Å². The number of ether oxygens (including phenoxy) is 1. The molecule has 1 heterocycles. The van der Waals surface area contributed by atoms with Gasteiger partial charge in [-0.05, 0) is 30.3 Å².